The smallest absolute Gasteiger partial charge is 0.209 e. The molecule has 1 fully saturated rings. The molecule has 0 amide bonds. The number of rotatable bonds is 9. The summed E-state index contributed by atoms with van der Waals surface area (Å²) in [7, 11) is 1.63. The summed E-state index contributed by atoms with van der Waals surface area (Å²) in [6.45, 7) is 4.12. The molecule has 4 rings (SSSR count). The van der Waals surface area contributed by atoms with Gasteiger partial charge in [0.05, 0.1) is 17.2 Å². The predicted octanol–water partition coefficient (Wildman–Crippen LogP) is 7.05. The highest BCUT2D eigenvalue weighted by molar-refractivity contribution is 6.42. The standard InChI is InChI=1S/C24H26Cl2N6O/c1-15(28-16-7-10-19(33-2)11-8-16)29-23-22(14-27)31-24(32(23)18-5-3-4-6-18)30-17-9-12-20(25)21(26)13-17/h7-14,18,27-29H,1,3-6H2,2H3,(H,30,31). The van der Waals surface area contributed by atoms with E-state index in [1.807, 2.05) is 30.3 Å². The minimum absolute atomic E-state index is 0.257. The molecule has 0 radical (unpaired) electrons. The van der Waals surface area contributed by atoms with Crippen LogP contribution < -0.4 is 20.7 Å². The quantitative estimate of drug-likeness (QED) is 0.244. The zero-order valence-electron chi connectivity index (χ0n) is 18.3. The van der Waals surface area contributed by atoms with Crippen LogP contribution in [0.1, 0.15) is 37.4 Å². The molecule has 2 aromatic carbocycles. The van der Waals surface area contributed by atoms with E-state index in [4.69, 9.17) is 33.3 Å². The molecular weight excluding hydrogens is 459 g/mol. The maximum atomic E-state index is 7.95. The Balaban J connectivity index is 1.63. The normalized spacial score (nSPS) is 13.5. The van der Waals surface area contributed by atoms with Crippen molar-refractivity contribution in [2.75, 3.05) is 23.1 Å². The van der Waals surface area contributed by atoms with Gasteiger partial charge in [0, 0.05) is 23.6 Å². The van der Waals surface area contributed by atoms with E-state index in [9.17, 15) is 0 Å². The average Bonchev–Trinajstić information content (AvgIpc) is 3.44. The van der Waals surface area contributed by atoms with Gasteiger partial charge in [-0.05, 0) is 55.3 Å². The first-order chi connectivity index (χ1) is 16.0. The van der Waals surface area contributed by atoms with Crippen LogP contribution in [0.25, 0.3) is 0 Å². The Kier molecular flexibility index (Phi) is 7.11. The predicted molar refractivity (Wildman–Crippen MR) is 137 cm³/mol. The second-order valence-electron chi connectivity index (χ2n) is 7.83. The fourth-order valence-corrected chi connectivity index (χ4v) is 4.31. The van der Waals surface area contributed by atoms with Crippen LogP contribution in [0.15, 0.2) is 54.9 Å². The van der Waals surface area contributed by atoms with E-state index in [-0.39, 0.29) is 6.04 Å². The molecule has 4 N–H and O–H groups in total. The van der Waals surface area contributed by atoms with Gasteiger partial charge in [0.25, 0.3) is 0 Å². The lowest BCUT2D eigenvalue weighted by molar-refractivity contribution is 0.415. The molecule has 33 heavy (non-hydrogen) atoms. The number of halogens is 2. The van der Waals surface area contributed by atoms with Gasteiger partial charge in [0.1, 0.15) is 23.1 Å². The van der Waals surface area contributed by atoms with E-state index in [0.29, 0.717) is 33.3 Å². The van der Waals surface area contributed by atoms with Crippen molar-refractivity contribution >= 4 is 52.6 Å². The van der Waals surface area contributed by atoms with Crippen molar-refractivity contribution in [3.63, 3.8) is 0 Å². The molecule has 1 aromatic heterocycles. The average molecular weight is 485 g/mol. The summed E-state index contributed by atoms with van der Waals surface area (Å²) < 4.78 is 7.34. The zero-order chi connectivity index (χ0) is 23.4. The minimum atomic E-state index is 0.257. The van der Waals surface area contributed by atoms with Gasteiger partial charge in [-0.25, -0.2) is 4.98 Å². The first kappa shape index (κ1) is 23.0. The van der Waals surface area contributed by atoms with Gasteiger partial charge in [-0.2, -0.15) is 0 Å². The number of benzene rings is 2. The number of nitrogens with one attached hydrogen (secondary N) is 4. The Labute approximate surface area is 203 Å². The lowest BCUT2D eigenvalue weighted by Crippen LogP contribution is -2.16. The molecule has 172 valence electrons. The van der Waals surface area contributed by atoms with E-state index >= 15 is 0 Å². The third-order valence-electron chi connectivity index (χ3n) is 5.59. The van der Waals surface area contributed by atoms with Gasteiger partial charge >= 0.3 is 0 Å². The van der Waals surface area contributed by atoms with Crippen LogP contribution in [0.4, 0.5) is 23.1 Å². The maximum Gasteiger partial charge on any atom is 0.209 e. The van der Waals surface area contributed by atoms with Crippen molar-refractivity contribution < 1.29 is 4.74 Å². The Morgan fingerprint density at radius 2 is 1.79 bits per heavy atom. The monoisotopic (exact) mass is 484 g/mol. The molecule has 0 atom stereocenters. The number of nitrogens with zero attached hydrogens (tertiary/aromatic N) is 2. The summed E-state index contributed by atoms with van der Waals surface area (Å²) in [5.41, 5.74) is 2.15. The molecule has 3 aromatic rings. The number of ether oxygens (including phenoxy) is 1. The molecule has 0 bridgehead atoms. The lowest BCUT2D eigenvalue weighted by Gasteiger charge is -2.21. The van der Waals surface area contributed by atoms with Crippen LogP contribution in [-0.4, -0.2) is 22.9 Å². The van der Waals surface area contributed by atoms with E-state index in [1.54, 1.807) is 19.2 Å². The Hall–Kier alpha value is -3.16. The van der Waals surface area contributed by atoms with Crippen molar-refractivity contribution in [2.45, 2.75) is 31.7 Å². The van der Waals surface area contributed by atoms with Crippen molar-refractivity contribution in [3.8, 4) is 5.75 Å². The van der Waals surface area contributed by atoms with Gasteiger partial charge in [0.2, 0.25) is 5.95 Å². The molecule has 1 aliphatic rings. The molecule has 0 saturated heterocycles. The van der Waals surface area contributed by atoms with Gasteiger partial charge in [0.15, 0.2) is 0 Å². The second-order valence-corrected chi connectivity index (χ2v) is 8.65. The van der Waals surface area contributed by atoms with Crippen LogP contribution in [0.3, 0.4) is 0 Å². The Morgan fingerprint density at radius 3 is 2.42 bits per heavy atom. The summed E-state index contributed by atoms with van der Waals surface area (Å²) in [4.78, 5) is 4.69. The van der Waals surface area contributed by atoms with Gasteiger partial charge < -0.3 is 26.1 Å². The summed E-state index contributed by atoms with van der Waals surface area (Å²) in [5, 5.41) is 18.8. The van der Waals surface area contributed by atoms with E-state index < -0.39 is 0 Å². The van der Waals surface area contributed by atoms with Gasteiger partial charge in [-0.3, -0.25) is 4.57 Å². The first-order valence-corrected chi connectivity index (χ1v) is 11.5. The number of aromatic nitrogens is 2. The molecule has 0 aliphatic heterocycles. The topological polar surface area (TPSA) is 87.0 Å². The number of imidazole rings is 1. The number of methoxy groups -OCH3 is 1. The van der Waals surface area contributed by atoms with Crippen molar-refractivity contribution in [1.82, 2.24) is 9.55 Å². The van der Waals surface area contributed by atoms with E-state index in [1.165, 1.54) is 6.21 Å². The SMILES string of the molecule is C=C(Nc1ccc(OC)cc1)Nc1c(C=N)nc(Nc2ccc(Cl)c(Cl)c2)n1C1CCCC1. The Bertz CT molecular complexity index is 1150. The molecule has 0 spiro atoms. The summed E-state index contributed by atoms with van der Waals surface area (Å²) >= 11 is 12.3. The van der Waals surface area contributed by atoms with Gasteiger partial charge in [-0.1, -0.05) is 42.6 Å². The minimum Gasteiger partial charge on any atom is -0.497 e. The number of hydrogen-bond donors (Lipinski definition) is 4. The maximum absolute atomic E-state index is 7.95. The van der Waals surface area contributed by atoms with Crippen LogP contribution in [0.2, 0.25) is 10.0 Å². The molecule has 1 saturated carbocycles. The molecule has 1 aliphatic carbocycles. The fraction of sp³-hybridized carbons (Fsp3) is 0.250. The van der Waals surface area contributed by atoms with Crippen LogP contribution in [-0.2, 0) is 0 Å². The lowest BCUT2D eigenvalue weighted by atomic mass is 10.2. The highest BCUT2D eigenvalue weighted by Crippen LogP contribution is 2.38. The summed E-state index contributed by atoms with van der Waals surface area (Å²) in [6, 6.07) is 13.2. The largest absolute Gasteiger partial charge is 0.497 e. The van der Waals surface area contributed by atoms with Crippen LogP contribution in [0.5, 0.6) is 5.75 Å². The number of hydrogen-bond acceptors (Lipinski definition) is 6. The van der Waals surface area contributed by atoms with Crippen LogP contribution >= 0.6 is 23.2 Å². The van der Waals surface area contributed by atoms with Crippen molar-refractivity contribution in [2.24, 2.45) is 0 Å². The third kappa shape index (κ3) is 5.26. The zero-order valence-corrected chi connectivity index (χ0v) is 19.8. The Morgan fingerprint density at radius 1 is 1.09 bits per heavy atom. The second kappa shape index (κ2) is 10.2. The summed E-state index contributed by atoms with van der Waals surface area (Å²) in [6.07, 6.45) is 5.63. The molecule has 0 unspecified atom stereocenters. The van der Waals surface area contributed by atoms with Crippen molar-refractivity contribution in [1.29, 1.82) is 5.41 Å². The third-order valence-corrected chi connectivity index (χ3v) is 6.33. The molecule has 9 heteroatoms. The molecular formula is C24H26Cl2N6O. The molecule has 7 nitrogen and oxygen atoms in total. The van der Waals surface area contributed by atoms with Crippen molar-refractivity contribution in [3.05, 3.63) is 70.6 Å². The van der Waals surface area contributed by atoms with Crippen LogP contribution in [0, 0.1) is 5.41 Å². The summed E-state index contributed by atoms with van der Waals surface area (Å²) in [5.74, 6) is 2.70. The highest BCUT2D eigenvalue weighted by atomic mass is 35.5. The van der Waals surface area contributed by atoms with E-state index in [0.717, 1.165) is 42.8 Å². The highest BCUT2D eigenvalue weighted by Gasteiger charge is 2.26. The number of anilines is 4. The molecule has 1 heterocycles. The first-order valence-electron chi connectivity index (χ1n) is 10.7. The van der Waals surface area contributed by atoms with E-state index in [2.05, 4.69) is 32.1 Å². The fourth-order valence-electron chi connectivity index (χ4n) is 4.01. The van der Waals surface area contributed by atoms with Gasteiger partial charge in [-0.15, -0.1) is 0 Å².